The Labute approximate surface area is 155 Å². The van der Waals surface area contributed by atoms with Gasteiger partial charge in [0, 0.05) is 35.4 Å². The Kier molecular flexibility index (Phi) is 4.33. The van der Waals surface area contributed by atoms with Gasteiger partial charge in [-0.1, -0.05) is 0 Å². The molecule has 5 nitrogen and oxygen atoms in total. The van der Waals surface area contributed by atoms with Crippen molar-refractivity contribution < 1.29 is 4.79 Å². The third-order valence-electron chi connectivity index (χ3n) is 4.01. The highest BCUT2D eigenvalue weighted by molar-refractivity contribution is 7.17. The molecule has 4 rings (SSSR count). The van der Waals surface area contributed by atoms with Gasteiger partial charge in [0.2, 0.25) is 0 Å². The Morgan fingerprint density at radius 1 is 1.08 bits per heavy atom. The third-order valence-corrected chi connectivity index (χ3v) is 5.13. The van der Waals surface area contributed by atoms with Gasteiger partial charge >= 0.3 is 0 Å². The largest absolute Gasteiger partial charge is 0.321 e. The predicted octanol–water partition coefficient (Wildman–Crippen LogP) is 4.56. The number of nitrogens with zero attached hydrogens (tertiary/aromatic N) is 3. The van der Waals surface area contributed by atoms with E-state index in [1.807, 2.05) is 67.8 Å². The summed E-state index contributed by atoms with van der Waals surface area (Å²) in [5.41, 5.74) is 3.89. The van der Waals surface area contributed by atoms with Gasteiger partial charge in [0.15, 0.2) is 0 Å². The molecule has 0 aliphatic rings. The molecule has 6 heteroatoms. The van der Waals surface area contributed by atoms with Gasteiger partial charge in [-0.3, -0.25) is 9.78 Å². The van der Waals surface area contributed by atoms with E-state index in [1.54, 1.807) is 17.1 Å². The van der Waals surface area contributed by atoms with Gasteiger partial charge in [0.25, 0.3) is 5.91 Å². The van der Waals surface area contributed by atoms with Gasteiger partial charge in [-0.2, -0.15) is 5.10 Å². The maximum absolute atomic E-state index is 12.5. The van der Waals surface area contributed by atoms with E-state index in [0.717, 1.165) is 27.4 Å². The lowest BCUT2D eigenvalue weighted by Gasteiger charge is -2.06. The second kappa shape index (κ2) is 6.93. The molecule has 3 heterocycles. The highest BCUT2D eigenvalue weighted by atomic mass is 32.1. The van der Waals surface area contributed by atoms with Crippen LogP contribution in [0.4, 0.5) is 5.69 Å². The van der Waals surface area contributed by atoms with Crippen molar-refractivity contribution in [2.75, 3.05) is 5.32 Å². The van der Waals surface area contributed by atoms with Crippen molar-refractivity contribution in [1.29, 1.82) is 0 Å². The first-order valence-electron chi connectivity index (χ1n) is 8.13. The Hall–Kier alpha value is -3.25. The van der Waals surface area contributed by atoms with E-state index in [9.17, 15) is 4.79 Å². The molecule has 0 atom stereocenters. The molecule has 0 radical (unpaired) electrons. The fourth-order valence-corrected chi connectivity index (χ4v) is 3.66. The van der Waals surface area contributed by atoms with Crippen LogP contribution in [0.5, 0.6) is 0 Å². The molecule has 1 aromatic carbocycles. The van der Waals surface area contributed by atoms with Crippen molar-refractivity contribution in [2.45, 2.75) is 6.92 Å². The molecule has 26 heavy (non-hydrogen) atoms. The Morgan fingerprint density at radius 2 is 1.92 bits per heavy atom. The van der Waals surface area contributed by atoms with Crippen molar-refractivity contribution >= 4 is 22.9 Å². The average Bonchev–Trinajstić information content (AvgIpc) is 3.35. The standard InChI is InChI=1S/C20H16N4OS/c1-14-13-21-11-9-17(14)18-7-8-19(26-18)20(25)23-15-3-5-16(6-4-15)24-12-2-10-22-24/h2-13H,1H3,(H,23,25). The van der Waals surface area contributed by atoms with Gasteiger partial charge in [0.1, 0.15) is 0 Å². The highest BCUT2D eigenvalue weighted by Gasteiger charge is 2.12. The summed E-state index contributed by atoms with van der Waals surface area (Å²) in [4.78, 5) is 18.4. The number of benzene rings is 1. The molecular weight excluding hydrogens is 344 g/mol. The summed E-state index contributed by atoms with van der Waals surface area (Å²) >= 11 is 1.47. The first-order valence-corrected chi connectivity index (χ1v) is 8.94. The smallest absolute Gasteiger partial charge is 0.265 e. The zero-order valence-electron chi connectivity index (χ0n) is 14.1. The molecule has 0 aliphatic heterocycles. The summed E-state index contributed by atoms with van der Waals surface area (Å²) in [5.74, 6) is -0.111. The molecule has 3 aromatic heterocycles. The first kappa shape index (κ1) is 16.2. The van der Waals surface area contributed by atoms with E-state index in [1.165, 1.54) is 11.3 Å². The van der Waals surface area contributed by atoms with Gasteiger partial charge < -0.3 is 5.32 Å². The number of thiophene rings is 1. The van der Waals surface area contributed by atoms with Crippen molar-refractivity contribution in [3.63, 3.8) is 0 Å². The number of hydrogen-bond acceptors (Lipinski definition) is 4. The quantitative estimate of drug-likeness (QED) is 0.580. The lowest BCUT2D eigenvalue weighted by molar-refractivity contribution is 0.103. The number of amides is 1. The SMILES string of the molecule is Cc1cnccc1-c1ccc(C(=O)Nc2ccc(-n3cccn3)cc2)s1. The van der Waals surface area contributed by atoms with Gasteiger partial charge in [-0.05, 0) is 66.6 Å². The van der Waals surface area contributed by atoms with Gasteiger partial charge in [0.05, 0.1) is 10.6 Å². The Balaban J connectivity index is 1.49. The van der Waals surface area contributed by atoms with Crippen LogP contribution >= 0.6 is 11.3 Å². The minimum Gasteiger partial charge on any atom is -0.321 e. The molecule has 0 saturated heterocycles. The maximum atomic E-state index is 12.5. The maximum Gasteiger partial charge on any atom is 0.265 e. The Bertz CT molecular complexity index is 1040. The molecule has 0 spiro atoms. The first-order chi connectivity index (χ1) is 12.7. The normalized spacial score (nSPS) is 10.7. The van der Waals surface area contributed by atoms with Crippen LogP contribution in [0, 0.1) is 6.92 Å². The summed E-state index contributed by atoms with van der Waals surface area (Å²) < 4.78 is 1.77. The molecule has 0 unspecified atom stereocenters. The number of aryl methyl sites for hydroxylation is 1. The number of anilines is 1. The zero-order chi connectivity index (χ0) is 17.9. The monoisotopic (exact) mass is 360 g/mol. The lowest BCUT2D eigenvalue weighted by atomic mass is 10.1. The number of aromatic nitrogens is 3. The van der Waals surface area contributed by atoms with Crippen molar-refractivity contribution in [2.24, 2.45) is 0 Å². The molecular formula is C20H16N4OS. The van der Waals surface area contributed by atoms with Crippen LogP contribution < -0.4 is 5.32 Å². The van der Waals surface area contributed by atoms with E-state index < -0.39 is 0 Å². The zero-order valence-corrected chi connectivity index (χ0v) is 14.9. The molecule has 1 amide bonds. The molecule has 4 aromatic rings. The number of rotatable bonds is 4. The minimum absolute atomic E-state index is 0.111. The highest BCUT2D eigenvalue weighted by Crippen LogP contribution is 2.30. The summed E-state index contributed by atoms with van der Waals surface area (Å²) in [6.45, 7) is 2.02. The number of nitrogens with one attached hydrogen (secondary N) is 1. The number of carbonyl (C=O) groups excluding carboxylic acids is 1. The fraction of sp³-hybridized carbons (Fsp3) is 0.0500. The van der Waals surface area contributed by atoms with Crippen LogP contribution in [0.25, 0.3) is 16.1 Å². The minimum atomic E-state index is -0.111. The van der Waals surface area contributed by atoms with Crippen molar-refractivity contribution in [3.8, 4) is 16.1 Å². The van der Waals surface area contributed by atoms with E-state index >= 15 is 0 Å². The van der Waals surface area contributed by atoms with Gasteiger partial charge in [-0.25, -0.2) is 4.68 Å². The molecule has 0 fully saturated rings. The number of carbonyl (C=O) groups is 1. The predicted molar refractivity (Wildman–Crippen MR) is 104 cm³/mol. The molecule has 0 bridgehead atoms. The average molecular weight is 360 g/mol. The van der Waals surface area contributed by atoms with Crippen LogP contribution in [-0.4, -0.2) is 20.7 Å². The van der Waals surface area contributed by atoms with Crippen molar-refractivity contribution in [3.05, 3.63) is 83.8 Å². The van der Waals surface area contributed by atoms with Crippen LogP contribution in [-0.2, 0) is 0 Å². The summed E-state index contributed by atoms with van der Waals surface area (Å²) in [6, 6.07) is 15.2. The second-order valence-corrected chi connectivity index (χ2v) is 6.89. The van der Waals surface area contributed by atoms with Gasteiger partial charge in [-0.15, -0.1) is 11.3 Å². The van der Waals surface area contributed by atoms with Crippen LogP contribution in [0.2, 0.25) is 0 Å². The summed E-state index contributed by atoms with van der Waals surface area (Å²) in [6.07, 6.45) is 7.20. The van der Waals surface area contributed by atoms with Crippen molar-refractivity contribution in [1.82, 2.24) is 14.8 Å². The lowest BCUT2D eigenvalue weighted by Crippen LogP contribution is -2.10. The number of pyridine rings is 1. The number of hydrogen-bond donors (Lipinski definition) is 1. The topological polar surface area (TPSA) is 59.8 Å². The fourth-order valence-electron chi connectivity index (χ4n) is 2.67. The summed E-state index contributed by atoms with van der Waals surface area (Å²) in [7, 11) is 0. The summed E-state index contributed by atoms with van der Waals surface area (Å²) in [5, 5.41) is 7.13. The molecule has 128 valence electrons. The Morgan fingerprint density at radius 3 is 2.65 bits per heavy atom. The van der Waals surface area contributed by atoms with Crippen LogP contribution in [0.15, 0.2) is 73.3 Å². The second-order valence-electron chi connectivity index (χ2n) is 5.81. The van der Waals surface area contributed by atoms with E-state index in [2.05, 4.69) is 15.4 Å². The van der Waals surface area contributed by atoms with E-state index in [0.29, 0.717) is 4.88 Å². The molecule has 0 saturated carbocycles. The molecule has 1 N–H and O–H groups in total. The van der Waals surface area contributed by atoms with Crippen LogP contribution in [0.3, 0.4) is 0 Å². The van der Waals surface area contributed by atoms with E-state index in [4.69, 9.17) is 0 Å². The third kappa shape index (κ3) is 3.27. The van der Waals surface area contributed by atoms with Crippen LogP contribution in [0.1, 0.15) is 15.2 Å². The van der Waals surface area contributed by atoms with E-state index in [-0.39, 0.29) is 5.91 Å². The molecule has 0 aliphatic carbocycles.